The molecule has 2 nitrogen and oxygen atoms in total. The quantitative estimate of drug-likeness (QED) is 0.710. The highest BCUT2D eigenvalue weighted by molar-refractivity contribution is 5.44. The molecule has 0 spiro atoms. The van der Waals surface area contributed by atoms with Gasteiger partial charge in [0.1, 0.15) is 6.10 Å². The van der Waals surface area contributed by atoms with Crippen molar-refractivity contribution in [2.24, 2.45) is 0 Å². The second kappa shape index (κ2) is 4.61. The molecule has 2 heterocycles. The summed E-state index contributed by atoms with van der Waals surface area (Å²) in [6.07, 6.45) is 12.0. The summed E-state index contributed by atoms with van der Waals surface area (Å²) in [5.74, 6) is 0. The van der Waals surface area contributed by atoms with Crippen molar-refractivity contribution in [1.82, 2.24) is 4.98 Å². The van der Waals surface area contributed by atoms with E-state index in [4.69, 9.17) is 4.74 Å². The highest BCUT2D eigenvalue weighted by atomic mass is 16.5. The van der Waals surface area contributed by atoms with Crippen LogP contribution in [0.4, 0.5) is 0 Å². The fraction of sp³-hybridized carbons (Fsp3) is 0.250. The van der Waals surface area contributed by atoms with E-state index in [9.17, 15) is 0 Å². The van der Waals surface area contributed by atoms with E-state index in [0.29, 0.717) is 0 Å². The van der Waals surface area contributed by atoms with Crippen LogP contribution in [0.3, 0.4) is 0 Å². The number of rotatable bonds is 2. The maximum Gasteiger partial charge on any atom is 0.117 e. The first-order valence-electron chi connectivity index (χ1n) is 4.85. The summed E-state index contributed by atoms with van der Waals surface area (Å²) in [7, 11) is 0. The first kappa shape index (κ1) is 9.00. The highest BCUT2D eigenvalue weighted by Crippen LogP contribution is 2.12. The number of pyridine rings is 1. The average Bonchev–Trinajstić information content (AvgIpc) is 2.29. The lowest BCUT2D eigenvalue weighted by atomic mass is 10.1. The molecule has 0 saturated heterocycles. The van der Waals surface area contributed by atoms with E-state index < -0.39 is 0 Å². The number of ether oxygens (including phenoxy) is 1. The molecular weight excluding hydrogens is 174 g/mol. The second-order valence-corrected chi connectivity index (χ2v) is 3.24. The number of hydrogen-bond acceptors (Lipinski definition) is 2. The Morgan fingerprint density at radius 1 is 1.43 bits per heavy atom. The van der Waals surface area contributed by atoms with Crippen LogP contribution in [0, 0.1) is 0 Å². The number of aromatic nitrogens is 1. The number of nitrogens with zero attached hydrogens (tertiary/aromatic N) is 1. The van der Waals surface area contributed by atoms with E-state index in [-0.39, 0.29) is 6.10 Å². The minimum atomic E-state index is 0.210. The molecule has 0 N–H and O–H groups in total. The molecule has 0 saturated carbocycles. The van der Waals surface area contributed by atoms with Crippen LogP contribution < -0.4 is 0 Å². The van der Waals surface area contributed by atoms with Gasteiger partial charge in [0.15, 0.2) is 0 Å². The molecule has 1 aromatic heterocycles. The fourth-order valence-electron chi connectivity index (χ4n) is 1.38. The molecule has 0 amide bonds. The van der Waals surface area contributed by atoms with Crippen molar-refractivity contribution in [2.75, 3.05) is 0 Å². The third-order valence-corrected chi connectivity index (χ3v) is 2.14. The topological polar surface area (TPSA) is 22.1 Å². The van der Waals surface area contributed by atoms with E-state index in [2.05, 4.69) is 11.1 Å². The van der Waals surface area contributed by atoms with Gasteiger partial charge in [-0.25, -0.2) is 0 Å². The molecule has 2 rings (SSSR count). The van der Waals surface area contributed by atoms with Crippen molar-refractivity contribution in [3.05, 3.63) is 48.5 Å². The van der Waals surface area contributed by atoms with Gasteiger partial charge in [0.05, 0.1) is 12.0 Å². The van der Waals surface area contributed by atoms with Crippen LogP contribution in [-0.4, -0.2) is 11.1 Å². The molecule has 0 aromatic carbocycles. The van der Waals surface area contributed by atoms with Gasteiger partial charge in [0, 0.05) is 6.20 Å². The molecule has 0 fully saturated rings. The summed E-state index contributed by atoms with van der Waals surface area (Å²) < 4.78 is 5.40. The Labute approximate surface area is 83.9 Å². The van der Waals surface area contributed by atoms with Crippen molar-refractivity contribution in [1.29, 1.82) is 0 Å². The Hall–Kier alpha value is -1.57. The van der Waals surface area contributed by atoms with Crippen LogP contribution >= 0.6 is 0 Å². The van der Waals surface area contributed by atoms with Gasteiger partial charge in [-0.15, -0.1) is 0 Å². The molecule has 14 heavy (non-hydrogen) atoms. The van der Waals surface area contributed by atoms with Gasteiger partial charge in [0.2, 0.25) is 0 Å². The van der Waals surface area contributed by atoms with Crippen LogP contribution in [0.15, 0.2) is 42.8 Å². The summed E-state index contributed by atoms with van der Waals surface area (Å²) in [6, 6.07) is 5.88. The Bertz CT molecular complexity index is 329. The fourth-order valence-corrected chi connectivity index (χ4v) is 1.38. The lowest BCUT2D eigenvalue weighted by molar-refractivity contribution is 0.166. The summed E-state index contributed by atoms with van der Waals surface area (Å²) in [4.78, 5) is 4.20. The van der Waals surface area contributed by atoms with E-state index in [0.717, 1.165) is 18.5 Å². The van der Waals surface area contributed by atoms with Gasteiger partial charge in [-0.3, -0.25) is 4.98 Å². The van der Waals surface area contributed by atoms with Gasteiger partial charge in [-0.2, -0.15) is 0 Å². The van der Waals surface area contributed by atoms with E-state index >= 15 is 0 Å². The largest absolute Gasteiger partial charge is 0.494 e. The lowest BCUT2D eigenvalue weighted by Crippen LogP contribution is -2.08. The van der Waals surface area contributed by atoms with Crippen molar-refractivity contribution in [2.45, 2.75) is 18.9 Å². The maximum atomic E-state index is 5.40. The number of allylic oxidation sites excluding steroid dienone is 1. The zero-order valence-electron chi connectivity index (χ0n) is 7.97. The zero-order valence-corrected chi connectivity index (χ0v) is 7.97. The van der Waals surface area contributed by atoms with Crippen LogP contribution in [0.1, 0.15) is 18.5 Å². The van der Waals surface area contributed by atoms with Crippen LogP contribution in [0.2, 0.25) is 0 Å². The monoisotopic (exact) mass is 187 g/mol. The Morgan fingerprint density at radius 3 is 3.14 bits per heavy atom. The van der Waals surface area contributed by atoms with Gasteiger partial charge in [0.25, 0.3) is 0 Å². The molecular formula is C12H13NO. The number of hydrogen-bond donors (Lipinski definition) is 0. The molecule has 1 aromatic rings. The van der Waals surface area contributed by atoms with Crippen LogP contribution in [0.25, 0.3) is 6.08 Å². The van der Waals surface area contributed by atoms with E-state index in [1.54, 1.807) is 12.5 Å². The van der Waals surface area contributed by atoms with Crippen molar-refractivity contribution in [3.63, 3.8) is 0 Å². The Morgan fingerprint density at radius 2 is 2.43 bits per heavy atom. The third kappa shape index (κ3) is 2.46. The molecule has 2 heteroatoms. The molecule has 1 aliphatic heterocycles. The normalized spacial score (nSPS) is 21.0. The maximum absolute atomic E-state index is 5.40. The van der Waals surface area contributed by atoms with Gasteiger partial charge in [-0.05, 0) is 43.2 Å². The van der Waals surface area contributed by atoms with Crippen molar-refractivity contribution >= 4 is 6.08 Å². The van der Waals surface area contributed by atoms with E-state index in [1.165, 1.54) is 0 Å². The van der Waals surface area contributed by atoms with Gasteiger partial charge in [-0.1, -0.05) is 6.07 Å². The molecule has 1 aliphatic rings. The SMILES string of the molecule is C1=CO[C@@H](/C=C/c2ccccn2)CC1. The van der Waals surface area contributed by atoms with Crippen LogP contribution in [-0.2, 0) is 4.74 Å². The first-order chi connectivity index (χ1) is 6.95. The second-order valence-electron chi connectivity index (χ2n) is 3.24. The third-order valence-electron chi connectivity index (χ3n) is 2.14. The summed E-state index contributed by atoms with van der Waals surface area (Å²) >= 11 is 0. The van der Waals surface area contributed by atoms with Gasteiger partial charge >= 0.3 is 0 Å². The van der Waals surface area contributed by atoms with Gasteiger partial charge < -0.3 is 4.74 Å². The molecule has 0 aliphatic carbocycles. The lowest BCUT2D eigenvalue weighted by Gasteiger charge is -2.14. The highest BCUT2D eigenvalue weighted by Gasteiger charge is 2.05. The minimum Gasteiger partial charge on any atom is -0.494 e. The Kier molecular flexibility index (Phi) is 2.96. The zero-order chi connectivity index (χ0) is 9.64. The van der Waals surface area contributed by atoms with Crippen molar-refractivity contribution < 1.29 is 4.74 Å². The smallest absolute Gasteiger partial charge is 0.117 e. The standard InChI is InChI=1S/C12H13NO/c1-3-9-13-11(5-1)7-8-12-6-2-4-10-14-12/h1,3-5,7-10,12H,2,6H2/b8-7+/t12-/m1/s1. The molecule has 0 bridgehead atoms. The summed E-state index contributed by atoms with van der Waals surface area (Å²) in [5, 5.41) is 0. The van der Waals surface area contributed by atoms with Crippen molar-refractivity contribution in [3.8, 4) is 0 Å². The predicted molar refractivity (Wildman–Crippen MR) is 56.5 cm³/mol. The van der Waals surface area contributed by atoms with E-state index in [1.807, 2.05) is 30.4 Å². The predicted octanol–water partition coefficient (Wildman–Crippen LogP) is 2.79. The molecule has 1 atom stereocenters. The molecule has 72 valence electrons. The average molecular weight is 187 g/mol. The minimum absolute atomic E-state index is 0.210. The molecule has 0 unspecified atom stereocenters. The summed E-state index contributed by atoms with van der Waals surface area (Å²) in [6.45, 7) is 0. The first-order valence-corrected chi connectivity index (χ1v) is 4.85. The summed E-state index contributed by atoms with van der Waals surface area (Å²) in [5.41, 5.74) is 0.977. The van der Waals surface area contributed by atoms with Crippen LogP contribution in [0.5, 0.6) is 0 Å². The Balaban J connectivity index is 1.97. The molecule has 0 radical (unpaired) electrons.